The molecule has 0 heterocycles. The maximum atomic E-state index is 11.9. The SMILES string of the molecule is N#CCc1ccc(NC(=O)CSCC(=O)Nc2cccc(Br)c2)cc1. The molecule has 2 amide bonds. The average Bonchev–Trinajstić information content (AvgIpc) is 2.57. The van der Waals surface area contributed by atoms with Crippen LogP contribution in [0.3, 0.4) is 0 Å². The molecule has 5 nitrogen and oxygen atoms in total. The summed E-state index contributed by atoms with van der Waals surface area (Å²) in [6.45, 7) is 0. The van der Waals surface area contributed by atoms with Crippen molar-refractivity contribution in [2.75, 3.05) is 22.1 Å². The van der Waals surface area contributed by atoms with E-state index < -0.39 is 0 Å². The molecule has 0 radical (unpaired) electrons. The Labute approximate surface area is 158 Å². The fraction of sp³-hybridized carbons (Fsp3) is 0.167. The highest BCUT2D eigenvalue weighted by Gasteiger charge is 2.07. The topological polar surface area (TPSA) is 82.0 Å². The molecule has 25 heavy (non-hydrogen) atoms. The lowest BCUT2D eigenvalue weighted by atomic mass is 10.1. The fourth-order valence-electron chi connectivity index (χ4n) is 1.99. The van der Waals surface area contributed by atoms with E-state index in [1.165, 1.54) is 11.8 Å². The lowest BCUT2D eigenvalue weighted by Gasteiger charge is -2.07. The summed E-state index contributed by atoms with van der Waals surface area (Å²) in [7, 11) is 0. The van der Waals surface area contributed by atoms with E-state index in [-0.39, 0.29) is 23.3 Å². The Morgan fingerprint density at radius 3 is 2.24 bits per heavy atom. The van der Waals surface area contributed by atoms with Gasteiger partial charge in [0, 0.05) is 15.8 Å². The second kappa shape index (κ2) is 9.87. The van der Waals surface area contributed by atoms with Crippen molar-refractivity contribution in [3.05, 3.63) is 58.6 Å². The lowest BCUT2D eigenvalue weighted by Crippen LogP contribution is -2.18. The van der Waals surface area contributed by atoms with Gasteiger partial charge >= 0.3 is 0 Å². The Morgan fingerprint density at radius 2 is 1.64 bits per heavy atom. The van der Waals surface area contributed by atoms with E-state index in [0.29, 0.717) is 17.8 Å². The van der Waals surface area contributed by atoms with Crippen LogP contribution in [0, 0.1) is 11.3 Å². The van der Waals surface area contributed by atoms with Crippen molar-refractivity contribution in [3.8, 4) is 6.07 Å². The van der Waals surface area contributed by atoms with Gasteiger partial charge in [-0.2, -0.15) is 5.26 Å². The van der Waals surface area contributed by atoms with Crippen molar-refractivity contribution in [1.29, 1.82) is 5.26 Å². The van der Waals surface area contributed by atoms with Crippen LogP contribution in [0.2, 0.25) is 0 Å². The number of benzene rings is 2. The molecule has 7 heteroatoms. The van der Waals surface area contributed by atoms with E-state index in [0.717, 1.165) is 10.0 Å². The van der Waals surface area contributed by atoms with Crippen molar-refractivity contribution >= 4 is 50.9 Å². The molecular weight excluding hydrogens is 402 g/mol. The zero-order valence-corrected chi connectivity index (χ0v) is 15.7. The van der Waals surface area contributed by atoms with Crippen LogP contribution in [0.15, 0.2) is 53.0 Å². The molecule has 0 aliphatic carbocycles. The molecule has 0 fully saturated rings. The number of nitriles is 1. The molecule has 0 aromatic heterocycles. The molecule has 0 atom stereocenters. The minimum atomic E-state index is -0.173. The predicted molar refractivity (Wildman–Crippen MR) is 104 cm³/mol. The van der Waals surface area contributed by atoms with Crippen molar-refractivity contribution in [1.82, 2.24) is 0 Å². The smallest absolute Gasteiger partial charge is 0.234 e. The Bertz CT molecular complexity index is 788. The average molecular weight is 418 g/mol. The van der Waals surface area contributed by atoms with E-state index in [1.54, 1.807) is 30.3 Å². The molecule has 2 N–H and O–H groups in total. The lowest BCUT2D eigenvalue weighted by molar-refractivity contribution is -0.114. The van der Waals surface area contributed by atoms with Crippen LogP contribution in [-0.2, 0) is 16.0 Å². The summed E-state index contributed by atoms with van der Waals surface area (Å²) in [5.74, 6) is 0.0532. The number of carbonyl (C=O) groups is 2. The molecule has 0 bridgehead atoms. The second-order valence-electron chi connectivity index (χ2n) is 5.13. The van der Waals surface area contributed by atoms with Crippen molar-refractivity contribution in [3.63, 3.8) is 0 Å². The normalized spacial score (nSPS) is 9.92. The number of halogens is 1. The Hall–Kier alpha value is -2.30. The summed E-state index contributed by atoms with van der Waals surface area (Å²) in [6.07, 6.45) is 0.344. The zero-order chi connectivity index (χ0) is 18.1. The number of hydrogen-bond acceptors (Lipinski definition) is 4. The first-order valence-electron chi connectivity index (χ1n) is 7.46. The summed E-state index contributed by atoms with van der Waals surface area (Å²) in [4.78, 5) is 23.7. The summed E-state index contributed by atoms with van der Waals surface area (Å²) in [6, 6.07) is 16.5. The molecule has 0 aliphatic rings. The summed E-state index contributed by atoms with van der Waals surface area (Å²) >= 11 is 4.59. The largest absolute Gasteiger partial charge is 0.325 e. The Morgan fingerprint density at radius 1 is 1.00 bits per heavy atom. The third-order valence-corrected chi connectivity index (χ3v) is 4.52. The highest BCUT2D eigenvalue weighted by Crippen LogP contribution is 2.16. The fourth-order valence-corrected chi connectivity index (χ4v) is 3.01. The molecule has 0 unspecified atom stereocenters. The van der Waals surface area contributed by atoms with Gasteiger partial charge < -0.3 is 10.6 Å². The van der Waals surface area contributed by atoms with Gasteiger partial charge in [0.15, 0.2) is 0 Å². The van der Waals surface area contributed by atoms with Gasteiger partial charge in [0.25, 0.3) is 0 Å². The number of hydrogen-bond donors (Lipinski definition) is 2. The van der Waals surface area contributed by atoms with Gasteiger partial charge in [-0.05, 0) is 35.9 Å². The van der Waals surface area contributed by atoms with Gasteiger partial charge in [-0.3, -0.25) is 9.59 Å². The Balaban J connectivity index is 1.71. The van der Waals surface area contributed by atoms with Crippen LogP contribution in [0.4, 0.5) is 11.4 Å². The van der Waals surface area contributed by atoms with Crippen molar-refractivity contribution < 1.29 is 9.59 Å². The van der Waals surface area contributed by atoms with Gasteiger partial charge in [-0.25, -0.2) is 0 Å². The summed E-state index contributed by atoms with van der Waals surface area (Å²) in [5, 5.41) is 14.2. The van der Waals surface area contributed by atoms with E-state index in [1.807, 2.05) is 18.2 Å². The van der Waals surface area contributed by atoms with Gasteiger partial charge in [0.2, 0.25) is 11.8 Å². The maximum absolute atomic E-state index is 11.9. The number of anilines is 2. The van der Waals surface area contributed by atoms with Crippen molar-refractivity contribution in [2.45, 2.75) is 6.42 Å². The molecule has 0 saturated carbocycles. The third-order valence-electron chi connectivity index (χ3n) is 3.10. The minimum Gasteiger partial charge on any atom is -0.325 e. The maximum Gasteiger partial charge on any atom is 0.234 e. The number of nitrogens with zero attached hydrogens (tertiary/aromatic N) is 1. The third kappa shape index (κ3) is 6.99. The molecule has 0 aliphatic heterocycles. The van der Waals surface area contributed by atoms with Crippen LogP contribution >= 0.6 is 27.7 Å². The summed E-state index contributed by atoms with van der Waals surface area (Å²) < 4.78 is 0.887. The first-order chi connectivity index (χ1) is 12.1. The number of amides is 2. The van der Waals surface area contributed by atoms with Crippen LogP contribution in [0.25, 0.3) is 0 Å². The number of nitrogens with one attached hydrogen (secondary N) is 2. The first kappa shape index (κ1) is 19.0. The quantitative estimate of drug-likeness (QED) is 0.716. The van der Waals surface area contributed by atoms with E-state index in [2.05, 4.69) is 32.6 Å². The zero-order valence-electron chi connectivity index (χ0n) is 13.3. The van der Waals surface area contributed by atoms with Gasteiger partial charge in [-0.15, -0.1) is 11.8 Å². The first-order valence-corrected chi connectivity index (χ1v) is 9.40. The molecular formula is C18H16BrN3O2S. The Kier molecular flexibility index (Phi) is 7.51. The number of rotatable bonds is 7. The summed E-state index contributed by atoms with van der Waals surface area (Å²) in [5.41, 5.74) is 2.28. The molecule has 128 valence electrons. The molecule has 2 aromatic carbocycles. The molecule has 2 rings (SSSR count). The van der Waals surface area contributed by atoms with Gasteiger partial charge in [-0.1, -0.05) is 34.1 Å². The standard InChI is InChI=1S/C18H16BrN3O2S/c19-14-2-1-3-16(10-14)22-18(24)12-25-11-17(23)21-15-6-4-13(5-7-15)8-9-20/h1-7,10H,8,11-12H2,(H,21,23)(H,22,24). The second-order valence-corrected chi connectivity index (χ2v) is 7.03. The monoisotopic (exact) mass is 417 g/mol. The molecule has 2 aromatic rings. The number of carbonyl (C=O) groups excluding carboxylic acids is 2. The highest BCUT2D eigenvalue weighted by molar-refractivity contribution is 9.10. The van der Waals surface area contributed by atoms with Gasteiger partial charge in [0.05, 0.1) is 24.0 Å². The van der Waals surface area contributed by atoms with Gasteiger partial charge in [0.1, 0.15) is 0 Å². The van der Waals surface area contributed by atoms with Crippen LogP contribution in [-0.4, -0.2) is 23.3 Å². The van der Waals surface area contributed by atoms with E-state index in [4.69, 9.17) is 5.26 Å². The highest BCUT2D eigenvalue weighted by atomic mass is 79.9. The molecule has 0 saturated heterocycles. The van der Waals surface area contributed by atoms with Crippen LogP contribution in [0.1, 0.15) is 5.56 Å². The van der Waals surface area contributed by atoms with Crippen LogP contribution < -0.4 is 10.6 Å². The minimum absolute atomic E-state index is 0.156. The number of thioether (sulfide) groups is 1. The van der Waals surface area contributed by atoms with E-state index >= 15 is 0 Å². The van der Waals surface area contributed by atoms with Crippen LogP contribution in [0.5, 0.6) is 0 Å². The molecule has 0 spiro atoms. The predicted octanol–water partition coefficient (Wildman–Crippen LogP) is 3.83. The van der Waals surface area contributed by atoms with E-state index in [9.17, 15) is 9.59 Å². The van der Waals surface area contributed by atoms with Crippen molar-refractivity contribution in [2.24, 2.45) is 0 Å².